The Labute approximate surface area is 117 Å². The molecular formula is C15H18N2O3. The zero-order valence-corrected chi connectivity index (χ0v) is 11.5. The van der Waals surface area contributed by atoms with Gasteiger partial charge in [0.1, 0.15) is 0 Å². The number of carbonyl (C=O) groups is 1. The molecule has 20 heavy (non-hydrogen) atoms. The van der Waals surface area contributed by atoms with Crippen LogP contribution in [0.5, 0.6) is 0 Å². The molecule has 106 valence electrons. The lowest BCUT2D eigenvalue weighted by Gasteiger charge is -1.97. The number of rotatable bonds is 7. The van der Waals surface area contributed by atoms with Crippen LogP contribution in [-0.4, -0.2) is 21.3 Å². The van der Waals surface area contributed by atoms with Crippen molar-refractivity contribution in [2.24, 2.45) is 0 Å². The van der Waals surface area contributed by atoms with E-state index in [4.69, 9.17) is 9.52 Å². The van der Waals surface area contributed by atoms with E-state index in [2.05, 4.69) is 17.1 Å². The molecule has 0 bridgehead atoms. The van der Waals surface area contributed by atoms with Crippen LogP contribution >= 0.6 is 0 Å². The minimum atomic E-state index is -0.967. The van der Waals surface area contributed by atoms with Crippen molar-refractivity contribution in [1.29, 1.82) is 0 Å². The van der Waals surface area contributed by atoms with Crippen LogP contribution in [0.25, 0.3) is 11.5 Å². The minimum absolute atomic E-state index is 0.213. The fourth-order valence-corrected chi connectivity index (χ4v) is 1.96. The van der Waals surface area contributed by atoms with Crippen LogP contribution in [0, 0.1) is 0 Å². The number of aromatic carboxylic acids is 1. The Morgan fingerprint density at radius 1 is 1.25 bits per heavy atom. The van der Waals surface area contributed by atoms with Gasteiger partial charge in [0.2, 0.25) is 11.8 Å². The third-order valence-electron chi connectivity index (χ3n) is 3.07. The minimum Gasteiger partial charge on any atom is -0.478 e. The molecule has 1 aromatic carbocycles. The van der Waals surface area contributed by atoms with Gasteiger partial charge in [0.05, 0.1) is 5.56 Å². The summed E-state index contributed by atoms with van der Waals surface area (Å²) in [5.41, 5.74) is 0.849. The highest BCUT2D eigenvalue weighted by molar-refractivity contribution is 5.88. The highest BCUT2D eigenvalue weighted by Gasteiger charge is 2.10. The highest BCUT2D eigenvalue weighted by atomic mass is 16.4. The normalized spacial score (nSPS) is 10.7. The first-order valence-electron chi connectivity index (χ1n) is 6.87. The van der Waals surface area contributed by atoms with Crippen LogP contribution in [-0.2, 0) is 6.42 Å². The van der Waals surface area contributed by atoms with Crippen molar-refractivity contribution < 1.29 is 14.3 Å². The predicted octanol–water partition coefficient (Wildman–Crippen LogP) is 3.56. The number of unbranched alkanes of at least 4 members (excludes halogenated alkanes) is 3. The van der Waals surface area contributed by atoms with Gasteiger partial charge in [-0.1, -0.05) is 32.3 Å². The summed E-state index contributed by atoms with van der Waals surface area (Å²) < 4.78 is 5.57. The standard InChI is InChI=1S/C15H18N2O3/c1-2-3-4-5-9-13-16-17-14(20-13)11-7-6-8-12(10-11)15(18)19/h6-8,10H,2-5,9H2,1H3,(H,18,19). The molecule has 1 N–H and O–H groups in total. The Bertz CT molecular complexity index is 578. The van der Waals surface area contributed by atoms with Gasteiger partial charge in [0.25, 0.3) is 0 Å². The van der Waals surface area contributed by atoms with Crippen molar-refractivity contribution in [2.45, 2.75) is 39.0 Å². The van der Waals surface area contributed by atoms with Crippen LogP contribution in [0.2, 0.25) is 0 Å². The average Bonchev–Trinajstić information content (AvgIpc) is 2.92. The van der Waals surface area contributed by atoms with Crippen LogP contribution in [0.4, 0.5) is 0 Å². The van der Waals surface area contributed by atoms with Crippen molar-refractivity contribution in [3.8, 4) is 11.5 Å². The number of carboxylic acid groups (broad SMARTS) is 1. The van der Waals surface area contributed by atoms with E-state index < -0.39 is 5.97 Å². The van der Waals surface area contributed by atoms with E-state index in [9.17, 15) is 4.79 Å². The number of hydrogen-bond donors (Lipinski definition) is 1. The molecule has 0 atom stereocenters. The molecule has 0 radical (unpaired) electrons. The number of carboxylic acids is 1. The Hall–Kier alpha value is -2.17. The summed E-state index contributed by atoms with van der Waals surface area (Å²) in [6, 6.07) is 6.51. The molecule has 0 amide bonds. The first-order valence-corrected chi connectivity index (χ1v) is 6.87. The number of aromatic nitrogens is 2. The van der Waals surface area contributed by atoms with E-state index >= 15 is 0 Å². The van der Waals surface area contributed by atoms with E-state index in [1.807, 2.05) is 0 Å². The number of nitrogens with zero attached hydrogens (tertiary/aromatic N) is 2. The van der Waals surface area contributed by atoms with Gasteiger partial charge >= 0.3 is 5.97 Å². The van der Waals surface area contributed by atoms with E-state index in [0.29, 0.717) is 17.3 Å². The molecule has 0 unspecified atom stereocenters. The van der Waals surface area contributed by atoms with Crippen molar-refractivity contribution in [1.82, 2.24) is 10.2 Å². The van der Waals surface area contributed by atoms with Crippen LogP contribution in [0.1, 0.15) is 48.9 Å². The zero-order valence-electron chi connectivity index (χ0n) is 11.5. The van der Waals surface area contributed by atoms with Crippen LogP contribution < -0.4 is 0 Å². The fourth-order valence-electron chi connectivity index (χ4n) is 1.96. The molecule has 0 saturated heterocycles. The third kappa shape index (κ3) is 3.66. The quantitative estimate of drug-likeness (QED) is 0.781. The molecule has 0 aliphatic rings. The average molecular weight is 274 g/mol. The summed E-state index contributed by atoms with van der Waals surface area (Å²) >= 11 is 0. The molecule has 0 aliphatic heterocycles. The first-order chi connectivity index (χ1) is 9.70. The second-order valence-electron chi connectivity index (χ2n) is 4.70. The van der Waals surface area contributed by atoms with Crippen LogP contribution in [0.3, 0.4) is 0 Å². The topological polar surface area (TPSA) is 76.2 Å². The molecule has 5 heteroatoms. The van der Waals surface area contributed by atoms with Gasteiger partial charge in [-0.05, 0) is 24.6 Å². The Balaban J connectivity index is 2.04. The molecule has 2 rings (SSSR count). The molecule has 0 saturated carbocycles. The number of benzene rings is 1. The maximum absolute atomic E-state index is 10.9. The van der Waals surface area contributed by atoms with Gasteiger partial charge in [0, 0.05) is 12.0 Å². The Morgan fingerprint density at radius 3 is 2.85 bits per heavy atom. The van der Waals surface area contributed by atoms with Gasteiger partial charge in [0.15, 0.2) is 0 Å². The monoisotopic (exact) mass is 274 g/mol. The van der Waals surface area contributed by atoms with Gasteiger partial charge in [-0.15, -0.1) is 10.2 Å². The Morgan fingerprint density at radius 2 is 2.10 bits per heavy atom. The summed E-state index contributed by atoms with van der Waals surface area (Å²) in [6.45, 7) is 2.17. The SMILES string of the molecule is CCCCCCc1nnc(-c2cccc(C(=O)O)c2)o1. The zero-order chi connectivity index (χ0) is 14.4. The van der Waals surface area contributed by atoms with Crippen molar-refractivity contribution in [3.05, 3.63) is 35.7 Å². The number of aryl methyl sites for hydroxylation is 1. The lowest BCUT2D eigenvalue weighted by atomic mass is 10.1. The van der Waals surface area contributed by atoms with Crippen molar-refractivity contribution in [3.63, 3.8) is 0 Å². The summed E-state index contributed by atoms with van der Waals surface area (Å²) in [5, 5.41) is 16.9. The molecule has 0 aliphatic carbocycles. The second kappa shape index (κ2) is 6.84. The van der Waals surface area contributed by atoms with E-state index in [1.165, 1.54) is 25.0 Å². The largest absolute Gasteiger partial charge is 0.478 e. The second-order valence-corrected chi connectivity index (χ2v) is 4.70. The predicted molar refractivity (Wildman–Crippen MR) is 74.5 cm³/mol. The summed E-state index contributed by atoms with van der Waals surface area (Å²) in [6.07, 6.45) is 5.36. The van der Waals surface area contributed by atoms with E-state index in [0.717, 1.165) is 19.3 Å². The lowest BCUT2D eigenvalue weighted by Crippen LogP contribution is -1.95. The fraction of sp³-hybridized carbons (Fsp3) is 0.400. The molecule has 5 nitrogen and oxygen atoms in total. The third-order valence-corrected chi connectivity index (χ3v) is 3.07. The lowest BCUT2D eigenvalue weighted by molar-refractivity contribution is 0.0697. The summed E-state index contributed by atoms with van der Waals surface area (Å²) in [7, 11) is 0. The maximum Gasteiger partial charge on any atom is 0.335 e. The van der Waals surface area contributed by atoms with Crippen LogP contribution in [0.15, 0.2) is 28.7 Å². The molecular weight excluding hydrogens is 256 g/mol. The van der Waals surface area contributed by atoms with Crippen molar-refractivity contribution >= 4 is 5.97 Å². The van der Waals surface area contributed by atoms with E-state index in [1.54, 1.807) is 12.1 Å². The van der Waals surface area contributed by atoms with Gasteiger partial charge in [-0.2, -0.15) is 0 Å². The maximum atomic E-state index is 10.9. The molecule has 1 aromatic heterocycles. The first kappa shape index (κ1) is 14.2. The van der Waals surface area contributed by atoms with Crippen molar-refractivity contribution in [2.75, 3.05) is 0 Å². The summed E-state index contributed by atoms with van der Waals surface area (Å²) in [4.78, 5) is 10.9. The molecule has 1 heterocycles. The molecule has 0 fully saturated rings. The summed E-state index contributed by atoms with van der Waals surface area (Å²) in [5.74, 6) is 0.0153. The number of hydrogen-bond acceptors (Lipinski definition) is 4. The highest BCUT2D eigenvalue weighted by Crippen LogP contribution is 2.20. The molecule has 0 spiro atoms. The smallest absolute Gasteiger partial charge is 0.335 e. The van der Waals surface area contributed by atoms with Gasteiger partial charge in [-0.25, -0.2) is 4.79 Å². The van der Waals surface area contributed by atoms with Gasteiger partial charge < -0.3 is 9.52 Å². The van der Waals surface area contributed by atoms with Gasteiger partial charge in [-0.3, -0.25) is 0 Å². The van der Waals surface area contributed by atoms with E-state index in [-0.39, 0.29) is 5.56 Å². The molecule has 2 aromatic rings. The Kier molecular flexibility index (Phi) is 4.87.